The van der Waals surface area contributed by atoms with E-state index in [-0.39, 0.29) is 5.78 Å². The smallest absolute Gasteiger partial charge is 0.326 e. The van der Waals surface area contributed by atoms with Crippen molar-refractivity contribution in [1.82, 2.24) is 10.2 Å². The van der Waals surface area contributed by atoms with Crippen LogP contribution in [-0.4, -0.2) is 41.2 Å². The summed E-state index contributed by atoms with van der Waals surface area (Å²) in [5.74, 6) is -1.74. The van der Waals surface area contributed by atoms with Gasteiger partial charge in [-0.1, -0.05) is 60.2 Å². The molecule has 1 heterocycles. The van der Waals surface area contributed by atoms with Gasteiger partial charge in [-0.2, -0.15) is 0 Å². The van der Waals surface area contributed by atoms with Crippen LogP contribution in [0.15, 0.2) is 54.6 Å². The van der Waals surface area contributed by atoms with Crippen LogP contribution < -0.4 is 5.32 Å². The second-order valence-corrected chi connectivity index (χ2v) is 7.17. The maximum absolute atomic E-state index is 12.8. The molecule has 2 aromatic carbocycles. The molecular formula is C22H22N2O5. The van der Waals surface area contributed by atoms with Crippen molar-refractivity contribution in [1.29, 1.82) is 0 Å². The predicted molar refractivity (Wildman–Crippen MR) is 105 cm³/mol. The molecule has 2 atom stereocenters. The molecular weight excluding hydrogens is 372 g/mol. The highest BCUT2D eigenvalue weighted by molar-refractivity contribution is 6.09. The van der Waals surface area contributed by atoms with Gasteiger partial charge in [0, 0.05) is 5.56 Å². The van der Waals surface area contributed by atoms with Crippen molar-refractivity contribution in [3.63, 3.8) is 0 Å². The molecule has 150 valence electrons. The molecule has 0 unspecified atom stereocenters. The summed E-state index contributed by atoms with van der Waals surface area (Å²) in [4.78, 5) is 50.6. The third kappa shape index (κ3) is 4.03. The van der Waals surface area contributed by atoms with Crippen LogP contribution in [0.1, 0.15) is 35.3 Å². The van der Waals surface area contributed by atoms with Gasteiger partial charge >= 0.3 is 12.0 Å². The van der Waals surface area contributed by atoms with Crippen molar-refractivity contribution in [2.75, 3.05) is 6.54 Å². The van der Waals surface area contributed by atoms with E-state index < -0.39 is 36.1 Å². The molecule has 1 fully saturated rings. The summed E-state index contributed by atoms with van der Waals surface area (Å²) in [5, 5.41) is 2.62. The number of hydrogen-bond donors (Lipinski definition) is 1. The normalized spacial score (nSPS) is 19.6. The van der Waals surface area contributed by atoms with Gasteiger partial charge in [0.2, 0.25) is 5.78 Å². The predicted octanol–water partition coefficient (Wildman–Crippen LogP) is 2.58. The van der Waals surface area contributed by atoms with Gasteiger partial charge in [0.05, 0.1) is 0 Å². The molecule has 0 spiro atoms. The first kappa shape index (κ1) is 20.3. The lowest BCUT2D eigenvalue weighted by Gasteiger charge is -2.22. The largest absolute Gasteiger partial charge is 0.453 e. The Hall–Kier alpha value is -3.48. The molecule has 0 bridgehead atoms. The Morgan fingerprint density at radius 3 is 2.31 bits per heavy atom. The number of amides is 3. The van der Waals surface area contributed by atoms with Crippen molar-refractivity contribution in [3.05, 3.63) is 71.3 Å². The molecule has 1 aliphatic rings. The SMILES string of the molecule is Cc1ccc(C(=O)[C@@H](C)OC(=O)CN2C(=O)N[C@](C)(c3ccccc3)C2=O)cc1. The lowest BCUT2D eigenvalue weighted by molar-refractivity contribution is -0.149. The molecule has 1 saturated heterocycles. The monoisotopic (exact) mass is 394 g/mol. The first-order valence-electron chi connectivity index (χ1n) is 9.22. The van der Waals surface area contributed by atoms with E-state index in [1.807, 2.05) is 6.92 Å². The van der Waals surface area contributed by atoms with Crippen molar-refractivity contribution in [2.24, 2.45) is 0 Å². The summed E-state index contributed by atoms with van der Waals surface area (Å²) in [5.41, 5.74) is 0.771. The third-order valence-electron chi connectivity index (χ3n) is 4.93. The van der Waals surface area contributed by atoms with Crippen LogP contribution in [0.4, 0.5) is 4.79 Å². The van der Waals surface area contributed by atoms with Gasteiger partial charge in [-0.05, 0) is 26.3 Å². The molecule has 1 aliphatic heterocycles. The van der Waals surface area contributed by atoms with Gasteiger partial charge in [-0.15, -0.1) is 0 Å². The Kier molecular flexibility index (Phi) is 5.50. The molecule has 3 amide bonds. The summed E-state index contributed by atoms with van der Waals surface area (Å²) < 4.78 is 5.17. The number of hydrogen-bond acceptors (Lipinski definition) is 5. The molecule has 3 rings (SSSR count). The molecule has 0 aliphatic carbocycles. The van der Waals surface area contributed by atoms with Gasteiger partial charge in [-0.3, -0.25) is 19.3 Å². The Morgan fingerprint density at radius 2 is 1.69 bits per heavy atom. The molecule has 2 aromatic rings. The standard InChI is InChI=1S/C22H22N2O5/c1-14-9-11-16(12-10-14)19(26)15(2)29-18(25)13-24-20(27)22(3,23-21(24)28)17-7-5-4-6-8-17/h4-12,15H,13H2,1-3H3,(H,23,28)/t15-,22-/m1/s1. The number of carbonyl (C=O) groups excluding carboxylic acids is 4. The van der Waals surface area contributed by atoms with E-state index in [0.29, 0.717) is 11.1 Å². The quantitative estimate of drug-likeness (QED) is 0.462. The zero-order valence-corrected chi connectivity index (χ0v) is 16.5. The second-order valence-electron chi connectivity index (χ2n) is 7.17. The van der Waals surface area contributed by atoms with E-state index >= 15 is 0 Å². The highest BCUT2D eigenvalue weighted by Gasteiger charge is 2.49. The Labute approximate surface area is 168 Å². The minimum Gasteiger partial charge on any atom is -0.453 e. The number of ketones is 1. The van der Waals surface area contributed by atoms with Crippen LogP contribution in [0.5, 0.6) is 0 Å². The van der Waals surface area contributed by atoms with Gasteiger partial charge < -0.3 is 10.1 Å². The fourth-order valence-electron chi connectivity index (χ4n) is 3.18. The van der Waals surface area contributed by atoms with Crippen LogP contribution in [0.2, 0.25) is 0 Å². The van der Waals surface area contributed by atoms with Crippen LogP contribution in [0.3, 0.4) is 0 Å². The Balaban J connectivity index is 1.66. The number of aryl methyl sites for hydroxylation is 1. The number of nitrogens with zero attached hydrogens (tertiary/aromatic N) is 1. The maximum atomic E-state index is 12.8. The number of urea groups is 1. The van der Waals surface area contributed by atoms with Gasteiger partial charge in [0.25, 0.3) is 5.91 Å². The molecule has 0 aromatic heterocycles. The van der Waals surface area contributed by atoms with Gasteiger partial charge in [0.15, 0.2) is 6.10 Å². The lowest BCUT2D eigenvalue weighted by Crippen LogP contribution is -2.42. The van der Waals surface area contributed by atoms with Crippen LogP contribution in [-0.2, 0) is 19.9 Å². The molecule has 0 saturated carbocycles. The van der Waals surface area contributed by atoms with Crippen LogP contribution >= 0.6 is 0 Å². The van der Waals surface area contributed by atoms with E-state index in [1.165, 1.54) is 6.92 Å². The van der Waals surface area contributed by atoms with Crippen molar-refractivity contribution in [2.45, 2.75) is 32.4 Å². The Bertz CT molecular complexity index is 955. The van der Waals surface area contributed by atoms with Gasteiger partial charge in [-0.25, -0.2) is 4.79 Å². The fraction of sp³-hybridized carbons (Fsp3) is 0.273. The van der Waals surface area contributed by atoms with Crippen molar-refractivity contribution < 1.29 is 23.9 Å². The molecule has 7 heteroatoms. The number of esters is 1. The topological polar surface area (TPSA) is 92.8 Å². The van der Waals surface area contributed by atoms with Crippen LogP contribution in [0, 0.1) is 6.92 Å². The highest BCUT2D eigenvalue weighted by Crippen LogP contribution is 2.28. The number of Topliss-reactive ketones (excluding diaryl/α,β-unsaturated/α-hetero) is 1. The van der Waals surface area contributed by atoms with E-state index in [2.05, 4.69) is 5.32 Å². The summed E-state index contributed by atoms with van der Waals surface area (Å²) in [7, 11) is 0. The minimum atomic E-state index is -1.26. The Morgan fingerprint density at radius 1 is 1.07 bits per heavy atom. The first-order chi connectivity index (χ1) is 13.7. The molecule has 29 heavy (non-hydrogen) atoms. The number of rotatable bonds is 6. The van der Waals surface area contributed by atoms with Gasteiger partial charge in [0.1, 0.15) is 12.1 Å². The first-order valence-corrected chi connectivity index (χ1v) is 9.22. The lowest BCUT2D eigenvalue weighted by atomic mass is 9.92. The molecule has 7 nitrogen and oxygen atoms in total. The number of carbonyl (C=O) groups is 4. The molecule has 1 N–H and O–H groups in total. The number of imide groups is 1. The summed E-state index contributed by atoms with van der Waals surface area (Å²) in [6.45, 7) is 4.37. The molecule has 0 radical (unpaired) electrons. The minimum absolute atomic E-state index is 0.357. The summed E-state index contributed by atoms with van der Waals surface area (Å²) in [6, 6.07) is 15.0. The van der Waals surface area contributed by atoms with E-state index in [0.717, 1.165) is 10.5 Å². The number of benzene rings is 2. The summed E-state index contributed by atoms with van der Waals surface area (Å²) in [6.07, 6.45) is -1.04. The van der Waals surface area contributed by atoms with E-state index in [9.17, 15) is 19.2 Å². The van der Waals surface area contributed by atoms with E-state index in [4.69, 9.17) is 4.74 Å². The third-order valence-corrected chi connectivity index (χ3v) is 4.93. The number of ether oxygens (including phenoxy) is 1. The average Bonchev–Trinajstić information content (AvgIpc) is 2.92. The maximum Gasteiger partial charge on any atom is 0.326 e. The van der Waals surface area contributed by atoms with Crippen molar-refractivity contribution in [3.8, 4) is 0 Å². The fourth-order valence-corrected chi connectivity index (χ4v) is 3.18. The van der Waals surface area contributed by atoms with Crippen LogP contribution in [0.25, 0.3) is 0 Å². The zero-order valence-electron chi connectivity index (χ0n) is 16.5. The number of nitrogens with one attached hydrogen (secondary N) is 1. The average molecular weight is 394 g/mol. The van der Waals surface area contributed by atoms with E-state index in [1.54, 1.807) is 61.5 Å². The summed E-state index contributed by atoms with van der Waals surface area (Å²) >= 11 is 0. The zero-order chi connectivity index (χ0) is 21.2. The van der Waals surface area contributed by atoms with Crippen molar-refractivity contribution >= 4 is 23.7 Å². The second kappa shape index (κ2) is 7.87. The highest BCUT2D eigenvalue weighted by atomic mass is 16.5.